The number of anilines is 2. The largest absolute Gasteiger partial charge is 0.399 e. The van der Waals surface area contributed by atoms with Crippen LogP contribution in [0.1, 0.15) is 26.4 Å². The summed E-state index contributed by atoms with van der Waals surface area (Å²) in [4.78, 5) is 13.2. The molecule has 0 atom stereocenters. The number of nitriles is 1. The van der Waals surface area contributed by atoms with Crippen molar-refractivity contribution in [3.05, 3.63) is 44.2 Å². The summed E-state index contributed by atoms with van der Waals surface area (Å²) in [5.41, 5.74) is 8.09. The molecule has 0 aliphatic carbocycles. The summed E-state index contributed by atoms with van der Waals surface area (Å²) in [6.07, 6.45) is 0. The molecule has 0 bridgehead atoms. The molecule has 4 nitrogen and oxygen atoms in total. The molecule has 0 aliphatic heterocycles. The molecule has 20 heavy (non-hydrogen) atoms. The van der Waals surface area contributed by atoms with E-state index in [0.29, 0.717) is 21.8 Å². The second kappa shape index (κ2) is 5.65. The first kappa shape index (κ1) is 14.6. The number of nitrogens with two attached hydrogens (primary N) is 1. The molecule has 0 saturated carbocycles. The first-order chi connectivity index (χ1) is 9.42. The summed E-state index contributed by atoms with van der Waals surface area (Å²) in [6.45, 7) is 3.80. The van der Waals surface area contributed by atoms with Crippen molar-refractivity contribution in [3.63, 3.8) is 0 Å². The molecule has 1 aromatic heterocycles. The van der Waals surface area contributed by atoms with E-state index in [4.69, 9.17) is 11.0 Å². The molecule has 1 heterocycles. The van der Waals surface area contributed by atoms with E-state index < -0.39 is 0 Å². The van der Waals surface area contributed by atoms with Crippen LogP contribution in [-0.4, -0.2) is 5.91 Å². The van der Waals surface area contributed by atoms with Gasteiger partial charge in [-0.05, 0) is 37.6 Å². The molecule has 2 aromatic rings. The number of hydrogen-bond donors (Lipinski definition) is 2. The number of carbonyl (C=O) groups is 1. The minimum atomic E-state index is -0.282. The van der Waals surface area contributed by atoms with Crippen molar-refractivity contribution in [2.24, 2.45) is 0 Å². The molecule has 0 fully saturated rings. The highest BCUT2D eigenvalue weighted by Gasteiger charge is 2.16. The molecule has 102 valence electrons. The second-order valence-electron chi connectivity index (χ2n) is 4.33. The summed E-state index contributed by atoms with van der Waals surface area (Å²) in [7, 11) is 0. The van der Waals surface area contributed by atoms with Gasteiger partial charge in [0.15, 0.2) is 0 Å². The summed E-state index contributed by atoms with van der Waals surface area (Å²) < 4.78 is 0.738. The van der Waals surface area contributed by atoms with E-state index in [9.17, 15) is 4.79 Å². The van der Waals surface area contributed by atoms with Gasteiger partial charge in [0.05, 0.1) is 5.56 Å². The van der Waals surface area contributed by atoms with E-state index in [-0.39, 0.29) is 5.91 Å². The Labute approximate surface area is 129 Å². The Balaban J connectivity index is 2.33. The molecule has 3 N–H and O–H groups in total. The first-order valence-electron chi connectivity index (χ1n) is 5.80. The number of nitrogen functional groups attached to an aromatic ring is 1. The van der Waals surface area contributed by atoms with Gasteiger partial charge in [0.25, 0.3) is 5.91 Å². The molecule has 0 spiro atoms. The molecule has 0 radical (unpaired) electrons. The fourth-order valence-electron chi connectivity index (χ4n) is 1.77. The van der Waals surface area contributed by atoms with Crippen LogP contribution in [0.15, 0.2) is 22.7 Å². The Kier molecular flexibility index (Phi) is 4.12. The third kappa shape index (κ3) is 2.84. The van der Waals surface area contributed by atoms with Gasteiger partial charge >= 0.3 is 0 Å². The number of rotatable bonds is 2. The number of benzene rings is 1. The lowest BCUT2D eigenvalue weighted by atomic mass is 10.1. The maximum absolute atomic E-state index is 12.2. The first-order valence-corrected chi connectivity index (χ1v) is 7.41. The third-order valence-electron chi connectivity index (χ3n) is 2.91. The van der Waals surface area contributed by atoms with Crippen LogP contribution in [-0.2, 0) is 0 Å². The topological polar surface area (TPSA) is 78.9 Å². The molecule has 6 heteroatoms. The van der Waals surface area contributed by atoms with Gasteiger partial charge in [0, 0.05) is 20.6 Å². The summed E-state index contributed by atoms with van der Waals surface area (Å²) in [6, 6.07) is 7.13. The lowest BCUT2D eigenvalue weighted by Crippen LogP contribution is -2.12. The quantitative estimate of drug-likeness (QED) is 0.808. The lowest BCUT2D eigenvalue weighted by molar-refractivity contribution is 0.102. The molecule has 0 aliphatic rings. The highest BCUT2D eigenvalue weighted by Crippen LogP contribution is 2.32. The number of halogens is 1. The normalized spacial score (nSPS) is 10.1. The van der Waals surface area contributed by atoms with Gasteiger partial charge in [-0.2, -0.15) is 5.26 Å². The average molecular weight is 350 g/mol. The molecule has 0 unspecified atom stereocenters. The van der Waals surface area contributed by atoms with E-state index in [1.165, 1.54) is 11.3 Å². The van der Waals surface area contributed by atoms with Crippen molar-refractivity contribution in [3.8, 4) is 6.07 Å². The molecule has 2 rings (SSSR count). The Hall–Kier alpha value is -1.84. The van der Waals surface area contributed by atoms with E-state index in [1.54, 1.807) is 18.2 Å². The van der Waals surface area contributed by atoms with Crippen molar-refractivity contribution < 1.29 is 4.79 Å². The van der Waals surface area contributed by atoms with E-state index >= 15 is 0 Å². The number of amides is 1. The van der Waals surface area contributed by atoms with Gasteiger partial charge in [0.1, 0.15) is 11.1 Å². The van der Waals surface area contributed by atoms with Crippen molar-refractivity contribution in [1.29, 1.82) is 5.26 Å². The fourth-order valence-corrected chi connectivity index (χ4v) is 3.29. The monoisotopic (exact) mass is 349 g/mol. The standard InChI is InChI=1S/C14H12BrN3OS/c1-7-8(2)20-14(12(7)6-16)18-13(19)9-3-10(15)5-11(17)4-9/h3-5H,17H2,1-2H3,(H,18,19). The van der Waals surface area contributed by atoms with Crippen LogP contribution in [0.2, 0.25) is 0 Å². The summed E-state index contributed by atoms with van der Waals surface area (Å²) in [5.74, 6) is -0.282. The van der Waals surface area contributed by atoms with Crippen LogP contribution in [0.4, 0.5) is 10.7 Å². The van der Waals surface area contributed by atoms with Gasteiger partial charge in [-0.15, -0.1) is 11.3 Å². The van der Waals surface area contributed by atoms with Crippen LogP contribution in [0.5, 0.6) is 0 Å². The minimum absolute atomic E-state index is 0.282. The summed E-state index contributed by atoms with van der Waals surface area (Å²) >= 11 is 4.70. The zero-order chi connectivity index (χ0) is 14.9. The van der Waals surface area contributed by atoms with E-state index in [0.717, 1.165) is 14.9 Å². The molecule has 1 amide bonds. The van der Waals surface area contributed by atoms with Crippen LogP contribution in [0, 0.1) is 25.2 Å². The number of aryl methyl sites for hydroxylation is 1. The zero-order valence-corrected chi connectivity index (χ0v) is 13.4. The fraction of sp³-hybridized carbons (Fsp3) is 0.143. The lowest BCUT2D eigenvalue weighted by Gasteiger charge is -2.05. The molecule has 0 saturated heterocycles. The van der Waals surface area contributed by atoms with Crippen LogP contribution < -0.4 is 11.1 Å². The highest BCUT2D eigenvalue weighted by atomic mass is 79.9. The Morgan fingerprint density at radius 3 is 2.70 bits per heavy atom. The predicted octanol–water partition coefficient (Wildman–Crippen LogP) is 3.83. The van der Waals surface area contributed by atoms with Gasteiger partial charge in [-0.3, -0.25) is 4.79 Å². The van der Waals surface area contributed by atoms with Crippen molar-refractivity contribution in [2.45, 2.75) is 13.8 Å². The zero-order valence-electron chi connectivity index (χ0n) is 11.0. The number of nitrogens with zero attached hydrogens (tertiary/aromatic N) is 1. The molecular formula is C14H12BrN3OS. The number of nitrogens with one attached hydrogen (secondary N) is 1. The summed E-state index contributed by atoms with van der Waals surface area (Å²) in [5, 5.41) is 12.5. The maximum Gasteiger partial charge on any atom is 0.256 e. The van der Waals surface area contributed by atoms with Gasteiger partial charge < -0.3 is 11.1 Å². The maximum atomic E-state index is 12.2. The molecular weight excluding hydrogens is 338 g/mol. The predicted molar refractivity (Wildman–Crippen MR) is 85.0 cm³/mol. The smallest absolute Gasteiger partial charge is 0.256 e. The van der Waals surface area contributed by atoms with Crippen molar-refractivity contribution in [1.82, 2.24) is 0 Å². The molecule has 1 aromatic carbocycles. The van der Waals surface area contributed by atoms with Crippen molar-refractivity contribution >= 4 is 43.9 Å². The number of carbonyl (C=O) groups excluding carboxylic acids is 1. The minimum Gasteiger partial charge on any atom is -0.399 e. The van der Waals surface area contributed by atoms with Crippen LogP contribution in [0.3, 0.4) is 0 Å². The number of hydrogen-bond acceptors (Lipinski definition) is 4. The highest BCUT2D eigenvalue weighted by molar-refractivity contribution is 9.10. The second-order valence-corrected chi connectivity index (χ2v) is 6.47. The Morgan fingerprint density at radius 1 is 1.40 bits per heavy atom. The SMILES string of the molecule is Cc1sc(NC(=O)c2cc(N)cc(Br)c2)c(C#N)c1C. The average Bonchev–Trinajstić information content (AvgIpc) is 2.63. The Bertz CT molecular complexity index is 711. The van der Waals surface area contributed by atoms with Gasteiger partial charge in [0.2, 0.25) is 0 Å². The number of thiophene rings is 1. The van der Waals surface area contributed by atoms with E-state index in [1.807, 2.05) is 13.8 Å². The van der Waals surface area contributed by atoms with E-state index in [2.05, 4.69) is 27.3 Å². The van der Waals surface area contributed by atoms with Crippen molar-refractivity contribution in [2.75, 3.05) is 11.1 Å². The van der Waals surface area contributed by atoms with Gasteiger partial charge in [-0.25, -0.2) is 0 Å². The third-order valence-corrected chi connectivity index (χ3v) is 4.49. The van der Waals surface area contributed by atoms with Crippen LogP contribution in [0.25, 0.3) is 0 Å². The van der Waals surface area contributed by atoms with Gasteiger partial charge in [-0.1, -0.05) is 15.9 Å². The van der Waals surface area contributed by atoms with Crippen LogP contribution >= 0.6 is 27.3 Å². The Morgan fingerprint density at radius 2 is 2.10 bits per heavy atom.